The second kappa shape index (κ2) is 7.57. The standard InChI is InChI=1S/C5H12N2O.2ClH/c6-8-4-5-2-1-3-7-5;;/h5,7H,1-4,6H2;2*1H. The van der Waals surface area contributed by atoms with E-state index in [2.05, 4.69) is 10.2 Å². The number of nitrogens with one attached hydrogen (secondary N) is 1. The van der Waals surface area contributed by atoms with Crippen LogP contribution in [-0.2, 0) is 4.84 Å². The van der Waals surface area contributed by atoms with Gasteiger partial charge in [0.15, 0.2) is 0 Å². The van der Waals surface area contributed by atoms with Crippen molar-refractivity contribution in [2.45, 2.75) is 18.9 Å². The molecule has 1 heterocycles. The summed E-state index contributed by atoms with van der Waals surface area (Å²) in [5, 5.41) is 3.25. The third-order valence-corrected chi connectivity index (χ3v) is 1.46. The van der Waals surface area contributed by atoms with Crippen molar-refractivity contribution in [2.24, 2.45) is 5.90 Å². The molecule has 1 fully saturated rings. The van der Waals surface area contributed by atoms with E-state index >= 15 is 0 Å². The fourth-order valence-electron chi connectivity index (χ4n) is 1.02. The van der Waals surface area contributed by atoms with E-state index in [1.807, 2.05) is 0 Å². The summed E-state index contributed by atoms with van der Waals surface area (Å²) in [6.07, 6.45) is 2.46. The topological polar surface area (TPSA) is 47.3 Å². The molecule has 10 heavy (non-hydrogen) atoms. The molecular weight excluding hydrogens is 175 g/mol. The minimum absolute atomic E-state index is 0. The first-order chi connectivity index (χ1) is 3.93. The van der Waals surface area contributed by atoms with Crippen molar-refractivity contribution >= 4 is 24.8 Å². The van der Waals surface area contributed by atoms with Gasteiger partial charge < -0.3 is 10.2 Å². The molecule has 0 radical (unpaired) electrons. The first-order valence-corrected chi connectivity index (χ1v) is 2.98. The maximum absolute atomic E-state index is 4.87. The van der Waals surface area contributed by atoms with E-state index in [9.17, 15) is 0 Å². The van der Waals surface area contributed by atoms with E-state index in [4.69, 9.17) is 5.90 Å². The summed E-state index contributed by atoms with van der Waals surface area (Å²) in [6, 6.07) is 0.514. The Bertz CT molecular complexity index is 68.7. The highest BCUT2D eigenvalue weighted by atomic mass is 35.5. The third kappa shape index (κ3) is 4.30. The van der Waals surface area contributed by atoms with Gasteiger partial charge >= 0.3 is 0 Å². The summed E-state index contributed by atoms with van der Waals surface area (Å²) < 4.78 is 0. The maximum Gasteiger partial charge on any atom is 0.0832 e. The Morgan fingerprint density at radius 3 is 2.60 bits per heavy atom. The Hall–Kier alpha value is 0.460. The van der Waals surface area contributed by atoms with Crippen molar-refractivity contribution in [1.82, 2.24) is 5.32 Å². The van der Waals surface area contributed by atoms with Crippen molar-refractivity contribution in [3.05, 3.63) is 0 Å². The van der Waals surface area contributed by atoms with E-state index < -0.39 is 0 Å². The number of halogens is 2. The molecular formula is C5H14Cl2N2O. The van der Waals surface area contributed by atoms with Crippen molar-refractivity contribution < 1.29 is 4.84 Å². The lowest BCUT2D eigenvalue weighted by Crippen LogP contribution is -2.27. The molecule has 64 valence electrons. The van der Waals surface area contributed by atoms with Gasteiger partial charge in [-0.25, -0.2) is 5.90 Å². The van der Waals surface area contributed by atoms with Crippen molar-refractivity contribution in [2.75, 3.05) is 13.2 Å². The summed E-state index contributed by atoms with van der Waals surface area (Å²) in [6.45, 7) is 1.77. The van der Waals surface area contributed by atoms with Crippen molar-refractivity contribution in [3.8, 4) is 0 Å². The van der Waals surface area contributed by atoms with E-state index in [-0.39, 0.29) is 24.8 Å². The predicted molar refractivity (Wildman–Crippen MR) is 45.7 cm³/mol. The second-order valence-corrected chi connectivity index (χ2v) is 2.13. The van der Waals surface area contributed by atoms with E-state index in [0.717, 1.165) is 6.54 Å². The smallest absolute Gasteiger partial charge is 0.0832 e. The molecule has 0 aromatic heterocycles. The molecule has 0 bridgehead atoms. The molecule has 1 rings (SSSR count). The fourth-order valence-corrected chi connectivity index (χ4v) is 1.02. The first kappa shape index (κ1) is 13.1. The lowest BCUT2D eigenvalue weighted by atomic mass is 10.2. The molecule has 1 saturated heterocycles. The molecule has 0 aliphatic carbocycles. The maximum atomic E-state index is 4.87. The lowest BCUT2D eigenvalue weighted by molar-refractivity contribution is 0.119. The van der Waals surface area contributed by atoms with Crippen LogP contribution >= 0.6 is 24.8 Å². The largest absolute Gasteiger partial charge is 0.312 e. The zero-order chi connectivity index (χ0) is 5.82. The number of rotatable bonds is 2. The van der Waals surface area contributed by atoms with Gasteiger partial charge in [-0.2, -0.15) is 0 Å². The van der Waals surface area contributed by atoms with Crippen molar-refractivity contribution in [1.29, 1.82) is 0 Å². The van der Waals surface area contributed by atoms with Crippen LogP contribution in [0.2, 0.25) is 0 Å². The predicted octanol–water partition coefficient (Wildman–Crippen LogP) is 0.472. The summed E-state index contributed by atoms with van der Waals surface area (Å²) >= 11 is 0. The highest BCUT2D eigenvalue weighted by Crippen LogP contribution is 2.03. The van der Waals surface area contributed by atoms with Gasteiger partial charge in [-0.05, 0) is 19.4 Å². The molecule has 0 saturated carbocycles. The van der Waals surface area contributed by atoms with Crippen LogP contribution in [0.4, 0.5) is 0 Å². The summed E-state index contributed by atoms with van der Waals surface area (Å²) in [7, 11) is 0. The Morgan fingerprint density at radius 2 is 2.20 bits per heavy atom. The highest BCUT2D eigenvalue weighted by molar-refractivity contribution is 5.85. The molecule has 5 heteroatoms. The van der Waals surface area contributed by atoms with E-state index in [1.165, 1.54) is 12.8 Å². The van der Waals surface area contributed by atoms with Gasteiger partial charge in [-0.3, -0.25) is 0 Å². The molecule has 0 amide bonds. The Balaban J connectivity index is 0. The quantitative estimate of drug-likeness (QED) is 0.621. The Kier molecular flexibility index (Phi) is 9.90. The third-order valence-electron chi connectivity index (χ3n) is 1.46. The number of nitrogens with two attached hydrogens (primary N) is 1. The molecule has 1 atom stereocenters. The van der Waals surface area contributed by atoms with Gasteiger partial charge in [-0.15, -0.1) is 24.8 Å². The Morgan fingerprint density at radius 1 is 1.50 bits per heavy atom. The lowest BCUT2D eigenvalue weighted by Gasteiger charge is -2.05. The van der Waals surface area contributed by atoms with Gasteiger partial charge in [0.05, 0.1) is 6.61 Å². The molecule has 1 aliphatic rings. The highest BCUT2D eigenvalue weighted by Gasteiger charge is 2.12. The minimum atomic E-state index is 0. The first-order valence-electron chi connectivity index (χ1n) is 2.98. The molecule has 0 aromatic rings. The van der Waals surface area contributed by atoms with Gasteiger partial charge in [0.25, 0.3) is 0 Å². The zero-order valence-electron chi connectivity index (χ0n) is 5.71. The SMILES string of the molecule is Cl.Cl.NOCC1CCCN1. The molecule has 0 aromatic carbocycles. The second-order valence-electron chi connectivity index (χ2n) is 2.13. The molecule has 0 spiro atoms. The van der Waals surface area contributed by atoms with Crippen LogP contribution in [0.15, 0.2) is 0 Å². The summed E-state index contributed by atoms with van der Waals surface area (Å²) in [4.78, 5) is 4.46. The van der Waals surface area contributed by atoms with Gasteiger partial charge in [-0.1, -0.05) is 0 Å². The molecule has 3 N–H and O–H groups in total. The molecule has 1 aliphatic heterocycles. The zero-order valence-corrected chi connectivity index (χ0v) is 7.34. The van der Waals surface area contributed by atoms with Crippen LogP contribution in [0, 0.1) is 0 Å². The van der Waals surface area contributed by atoms with Crippen LogP contribution in [0.25, 0.3) is 0 Å². The average Bonchev–Trinajstić information content (AvgIpc) is 2.19. The fraction of sp³-hybridized carbons (Fsp3) is 1.00. The van der Waals surface area contributed by atoms with Crippen molar-refractivity contribution in [3.63, 3.8) is 0 Å². The van der Waals surface area contributed by atoms with Crippen LogP contribution in [0.1, 0.15) is 12.8 Å². The van der Waals surface area contributed by atoms with E-state index in [0.29, 0.717) is 12.6 Å². The van der Waals surface area contributed by atoms with E-state index in [1.54, 1.807) is 0 Å². The monoisotopic (exact) mass is 188 g/mol. The van der Waals surface area contributed by atoms with Crippen LogP contribution in [0.5, 0.6) is 0 Å². The van der Waals surface area contributed by atoms with Crippen LogP contribution < -0.4 is 11.2 Å². The van der Waals surface area contributed by atoms with Crippen LogP contribution in [0.3, 0.4) is 0 Å². The van der Waals surface area contributed by atoms with Gasteiger partial charge in [0.1, 0.15) is 0 Å². The number of hydrogen-bond acceptors (Lipinski definition) is 3. The Labute approximate surface area is 73.5 Å². The molecule has 3 nitrogen and oxygen atoms in total. The normalized spacial score (nSPS) is 23.1. The summed E-state index contributed by atoms with van der Waals surface area (Å²) in [5.74, 6) is 4.87. The van der Waals surface area contributed by atoms with Gasteiger partial charge in [0.2, 0.25) is 0 Å². The van der Waals surface area contributed by atoms with Crippen LogP contribution in [-0.4, -0.2) is 19.2 Å². The molecule has 1 unspecified atom stereocenters. The average molecular weight is 189 g/mol. The summed E-state index contributed by atoms with van der Waals surface area (Å²) in [5.41, 5.74) is 0. The minimum Gasteiger partial charge on any atom is -0.312 e. The van der Waals surface area contributed by atoms with Gasteiger partial charge in [0, 0.05) is 6.04 Å². The number of hydrogen-bond donors (Lipinski definition) is 2.